The van der Waals surface area contributed by atoms with Crippen molar-refractivity contribution in [2.24, 2.45) is 0 Å². The predicted octanol–water partition coefficient (Wildman–Crippen LogP) is 0.727. The minimum atomic E-state index is -0.211. The van der Waals surface area contributed by atoms with Gasteiger partial charge in [0.2, 0.25) is 0 Å². The summed E-state index contributed by atoms with van der Waals surface area (Å²) in [4.78, 5) is 18.5. The molecule has 0 radical (unpaired) electrons. The minimum Gasteiger partial charge on any atom is -0.465 e. The van der Waals surface area contributed by atoms with E-state index in [9.17, 15) is 4.79 Å². The molecule has 1 unspecified atom stereocenters. The minimum absolute atomic E-state index is 0.151. The van der Waals surface area contributed by atoms with Crippen LogP contribution >= 0.6 is 0 Å². The van der Waals surface area contributed by atoms with Gasteiger partial charge in [0, 0.05) is 32.4 Å². The molecule has 2 heterocycles. The molecule has 0 spiro atoms. The van der Waals surface area contributed by atoms with Crippen molar-refractivity contribution >= 4 is 5.97 Å². The average molecular weight is 263 g/mol. The maximum atomic E-state index is 11.9. The molecule has 1 aromatic heterocycles. The van der Waals surface area contributed by atoms with Crippen LogP contribution in [-0.4, -0.2) is 48.1 Å². The van der Waals surface area contributed by atoms with Crippen LogP contribution in [0.3, 0.4) is 0 Å². The molecule has 5 nitrogen and oxygen atoms in total. The Hall–Kier alpha value is -1.46. The largest absolute Gasteiger partial charge is 0.465 e. The van der Waals surface area contributed by atoms with E-state index in [1.807, 2.05) is 32.2 Å². The van der Waals surface area contributed by atoms with E-state index in [4.69, 9.17) is 4.74 Å². The topological polar surface area (TPSA) is 54.5 Å². The first-order valence-corrected chi connectivity index (χ1v) is 6.73. The van der Waals surface area contributed by atoms with Crippen LogP contribution in [0.15, 0.2) is 18.3 Å². The van der Waals surface area contributed by atoms with Crippen molar-refractivity contribution in [1.82, 2.24) is 15.2 Å². The Kier molecular flexibility index (Phi) is 4.87. The molecule has 1 fully saturated rings. The molecule has 0 bridgehead atoms. The highest BCUT2D eigenvalue weighted by Gasteiger charge is 2.29. The van der Waals surface area contributed by atoms with Crippen LogP contribution in [0.1, 0.15) is 18.2 Å². The molecule has 104 valence electrons. The summed E-state index contributed by atoms with van der Waals surface area (Å²) >= 11 is 0. The highest BCUT2D eigenvalue weighted by atomic mass is 16.5. The van der Waals surface area contributed by atoms with Gasteiger partial charge in [-0.25, -0.2) is 0 Å². The molecule has 0 aromatic carbocycles. The Labute approximate surface area is 114 Å². The smallest absolute Gasteiger partial charge is 0.324 e. The Morgan fingerprint density at radius 1 is 1.58 bits per heavy atom. The van der Waals surface area contributed by atoms with Crippen LogP contribution < -0.4 is 5.32 Å². The fourth-order valence-corrected chi connectivity index (χ4v) is 2.21. The summed E-state index contributed by atoms with van der Waals surface area (Å²) in [6.07, 6.45) is 1.86. The Morgan fingerprint density at radius 3 is 3.11 bits per heavy atom. The lowest BCUT2D eigenvalue weighted by Crippen LogP contribution is -2.54. The van der Waals surface area contributed by atoms with Crippen molar-refractivity contribution in [2.75, 3.05) is 26.2 Å². The van der Waals surface area contributed by atoms with Crippen molar-refractivity contribution in [1.29, 1.82) is 0 Å². The second-order valence-corrected chi connectivity index (χ2v) is 4.77. The quantitative estimate of drug-likeness (QED) is 0.812. The molecule has 0 amide bonds. The standard InChI is InChI=1S/C14H21N3O2/c1-3-19-14(18)13-9-15-6-7-17(13)10-12-5-4-11(2)8-16-12/h4-5,8,13,15H,3,6-7,9-10H2,1-2H3. The van der Waals surface area contributed by atoms with Gasteiger partial charge in [0.1, 0.15) is 6.04 Å². The molecular weight excluding hydrogens is 242 g/mol. The van der Waals surface area contributed by atoms with Gasteiger partial charge in [-0.05, 0) is 25.5 Å². The van der Waals surface area contributed by atoms with Crippen LogP contribution in [0, 0.1) is 6.92 Å². The molecule has 2 rings (SSSR count). The Balaban J connectivity index is 2.03. The number of rotatable bonds is 4. The number of pyridine rings is 1. The number of piperazine rings is 1. The lowest BCUT2D eigenvalue weighted by molar-refractivity contribution is -0.150. The van der Waals surface area contributed by atoms with E-state index in [2.05, 4.69) is 15.2 Å². The fraction of sp³-hybridized carbons (Fsp3) is 0.571. The fourth-order valence-electron chi connectivity index (χ4n) is 2.21. The van der Waals surface area contributed by atoms with E-state index in [1.165, 1.54) is 0 Å². The van der Waals surface area contributed by atoms with Gasteiger partial charge in [-0.3, -0.25) is 14.7 Å². The summed E-state index contributed by atoms with van der Waals surface area (Å²) in [5.74, 6) is -0.151. The maximum absolute atomic E-state index is 11.9. The molecule has 0 saturated carbocycles. The summed E-state index contributed by atoms with van der Waals surface area (Å²) in [5.41, 5.74) is 2.13. The van der Waals surface area contributed by atoms with Gasteiger partial charge in [-0.2, -0.15) is 0 Å². The van der Waals surface area contributed by atoms with Gasteiger partial charge in [-0.15, -0.1) is 0 Å². The predicted molar refractivity (Wildman–Crippen MR) is 72.7 cm³/mol. The van der Waals surface area contributed by atoms with Gasteiger partial charge in [-0.1, -0.05) is 6.07 Å². The van der Waals surface area contributed by atoms with Gasteiger partial charge < -0.3 is 10.1 Å². The van der Waals surface area contributed by atoms with Crippen molar-refractivity contribution in [3.05, 3.63) is 29.6 Å². The monoisotopic (exact) mass is 263 g/mol. The van der Waals surface area contributed by atoms with Crippen molar-refractivity contribution in [3.8, 4) is 0 Å². The number of carbonyl (C=O) groups excluding carboxylic acids is 1. The molecule has 0 aliphatic carbocycles. The zero-order valence-corrected chi connectivity index (χ0v) is 11.6. The number of esters is 1. The van der Waals surface area contributed by atoms with E-state index in [-0.39, 0.29) is 12.0 Å². The Morgan fingerprint density at radius 2 is 2.42 bits per heavy atom. The van der Waals surface area contributed by atoms with Crippen molar-refractivity contribution in [2.45, 2.75) is 26.4 Å². The number of ether oxygens (including phenoxy) is 1. The molecule has 1 aromatic rings. The molecule has 1 aliphatic rings. The maximum Gasteiger partial charge on any atom is 0.324 e. The summed E-state index contributed by atoms with van der Waals surface area (Å²) in [6, 6.07) is 3.85. The van der Waals surface area contributed by atoms with Crippen LogP contribution in [0.5, 0.6) is 0 Å². The number of aryl methyl sites for hydroxylation is 1. The van der Waals surface area contributed by atoms with Crippen LogP contribution in [0.2, 0.25) is 0 Å². The normalized spacial score (nSPS) is 20.2. The molecule has 1 N–H and O–H groups in total. The lowest BCUT2D eigenvalue weighted by atomic mass is 10.1. The molecule has 19 heavy (non-hydrogen) atoms. The molecule has 1 atom stereocenters. The molecule has 1 aliphatic heterocycles. The summed E-state index contributed by atoms with van der Waals surface area (Å²) < 4.78 is 5.13. The van der Waals surface area contributed by atoms with Crippen LogP contribution in [-0.2, 0) is 16.1 Å². The average Bonchev–Trinajstić information content (AvgIpc) is 2.42. The van der Waals surface area contributed by atoms with E-state index in [0.717, 1.165) is 24.3 Å². The zero-order chi connectivity index (χ0) is 13.7. The lowest BCUT2D eigenvalue weighted by Gasteiger charge is -2.34. The van der Waals surface area contributed by atoms with E-state index >= 15 is 0 Å². The SMILES string of the molecule is CCOC(=O)C1CNCCN1Cc1ccc(C)cn1. The zero-order valence-electron chi connectivity index (χ0n) is 11.6. The van der Waals surface area contributed by atoms with E-state index in [0.29, 0.717) is 19.7 Å². The highest BCUT2D eigenvalue weighted by molar-refractivity contribution is 5.76. The number of nitrogens with zero attached hydrogens (tertiary/aromatic N) is 2. The number of nitrogens with one attached hydrogen (secondary N) is 1. The molecule has 5 heteroatoms. The number of aromatic nitrogens is 1. The van der Waals surface area contributed by atoms with Crippen LogP contribution in [0.25, 0.3) is 0 Å². The Bertz CT molecular complexity index is 419. The third-order valence-electron chi connectivity index (χ3n) is 3.25. The highest BCUT2D eigenvalue weighted by Crippen LogP contribution is 2.10. The second kappa shape index (κ2) is 6.63. The third kappa shape index (κ3) is 3.75. The van der Waals surface area contributed by atoms with Gasteiger partial charge >= 0.3 is 5.97 Å². The molecule has 1 saturated heterocycles. The van der Waals surface area contributed by atoms with Gasteiger partial charge in [0.25, 0.3) is 0 Å². The number of carbonyl (C=O) groups is 1. The first kappa shape index (κ1) is 14.0. The third-order valence-corrected chi connectivity index (χ3v) is 3.25. The molecular formula is C14H21N3O2. The number of hydrogen-bond acceptors (Lipinski definition) is 5. The van der Waals surface area contributed by atoms with Crippen LogP contribution in [0.4, 0.5) is 0 Å². The van der Waals surface area contributed by atoms with E-state index in [1.54, 1.807) is 0 Å². The first-order chi connectivity index (χ1) is 9.20. The summed E-state index contributed by atoms with van der Waals surface area (Å²) in [5, 5.41) is 3.24. The van der Waals surface area contributed by atoms with Crippen molar-refractivity contribution < 1.29 is 9.53 Å². The van der Waals surface area contributed by atoms with Gasteiger partial charge in [0.05, 0.1) is 12.3 Å². The first-order valence-electron chi connectivity index (χ1n) is 6.73. The van der Waals surface area contributed by atoms with E-state index < -0.39 is 0 Å². The summed E-state index contributed by atoms with van der Waals surface area (Å²) in [6.45, 7) is 7.33. The second-order valence-electron chi connectivity index (χ2n) is 4.77. The van der Waals surface area contributed by atoms with Gasteiger partial charge in [0.15, 0.2) is 0 Å². The summed E-state index contributed by atoms with van der Waals surface area (Å²) in [7, 11) is 0. The van der Waals surface area contributed by atoms with Crippen molar-refractivity contribution in [3.63, 3.8) is 0 Å². The number of hydrogen-bond donors (Lipinski definition) is 1.